The molecule has 0 bridgehead atoms. The number of hydrogen-bond acceptors (Lipinski definition) is 1. The summed E-state index contributed by atoms with van der Waals surface area (Å²) in [7, 11) is 0. The summed E-state index contributed by atoms with van der Waals surface area (Å²) in [6, 6.07) is 4.95. The Morgan fingerprint density at radius 2 is 1.73 bits per heavy atom. The summed E-state index contributed by atoms with van der Waals surface area (Å²) < 4.78 is 36.6. The third kappa shape index (κ3) is 3.31. The van der Waals surface area contributed by atoms with E-state index in [1.54, 1.807) is 0 Å². The van der Waals surface area contributed by atoms with Gasteiger partial charge in [-0.05, 0) is 38.1 Å². The monoisotopic (exact) mass is 215 g/mol. The van der Waals surface area contributed by atoms with Gasteiger partial charge in [0.1, 0.15) is 0 Å². The Kier molecular flexibility index (Phi) is 3.39. The summed E-state index contributed by atoms with van der Waals surface area (Å²) >= 11 is 0. The number of anilines is 1. The standard InChI is InChI=1S/C11H12F3N/c1-3-8(2)15-10-6-4-9(5-7-10)11(12,13)14/h3-7,15H,1-2H3/b8-3+. The highest BCUT2D eigenvalue weighted by atomic mass is 19.4. The summed E-state index contributed by atoms with van der Waals surface area (Å²) in [6.45, 7) is 3.70. The van der Waals surface area contributed by atoms with E-state index in [2.05, 4.69) is 5.32 Å². The van der Waals surface area contributed by atoms with E-state index in [1.165, 1.54) is 12.1 Å². The molecule has 0 amide bonds. The van der Waals surface area contributed by atoms with Crippen molar-refractivity contribution >= 4 is 5.69 Å². The fourth-order valence-corrected chi connectivity index (χ4v) is 1.04. The van der Waals surface area contributed by atoms with Crippen LogP contribution in [0.2, 0.25) is 0 Å². The van der Waals surface area contributed by atoms with Crippen molar-refractivity contribution < 1.29 is 13.2 Å². The van der Waals surface area contributed by atoms with Gasteiger partial charge in [0.05, 0.1) is 5.56 Å². The van der Waals surface area contributed by atoms with Crippen LogP contribution in [0.4, 0.5) is 18.9 Å². The van der Waals surface area contributed by atoms with Crippen molar-refractivity contribution in [3.63, 3.8) is 0 Å². The minimum Gasteiger partial charge on any atom is -0.359 e. The highest BCUT2D eigenvalue weighted by Gasteiger charge is 2.29. The second-order valence-corrected chi connectivity index (χ2v) is 3.17. The molecular weight excluding hydrogens is 203 g/mol. The Bertz CT molecular complexity index is 349. The maximum Gasteiger partial charge on any atom is 0.416 e. The summed E-state index contributed by atoms with van der Waals surface area (Å²) in [5, 5.41) is 2.96. The molecule has 15 heavy (non-hydrogen) atoms. The second kappa shape index (κ2) is 4.38. The van der Waals surface area contributed by atoms with Crippen molar-refractivity contribution in [1.82, 2.24) is 0 Å². The lowest BCUT2D eigenvalue weighted by atomic mass is 10.2. The van der Waals surface area contributed by atoms with E-state index >= 15 is 0 Å². The van der Waals surface area contributed by atoms with Gasteiger partial charge in [-0.3, -0.25) is 0 Å². The molecule has 0 saturated heterocycles. The van der Waals surface area contributed by atoms with E-state index in [1.807, 2.05) is 19.9 Å². The van der Waals surface area contributed by atoms with E-state index < -0.39 is 11.7 Å². The molecule has 0 radical (unpaired) electrons. The van der Waals surface area contributed by atoms with Crippen molar-refractivity contribution in [2.45, 2.75) is 20.0 Å². The molecule has 0 heterocycles. The molecule has 0 saturated carbocycles. The number of benzene rings is 1. The van der Waals surface area contributed by atoms with Gasteiger partial charge in [0.15, 0.2) is 0 Å². The topological polar surface area (TPSA) is 12.0 Å². The van der Waals surface area contributed by atoms with Gasteiger partial charge in [0.25, 0.3) is 0 Å². The largest absolute Gasteiger partial charge is 0.416 e. The average molecular weight is 215 g/mol. The Hall–Kier alpha value is -1.45. The predicted octanol–water partition coefficient (Wildman–Crippen LogP) is 4.04. The van der Waals surface area contributed by atoms with Gasteiger partial charge < -0.3 is 5.32 Å². The highest BCUT2D eigenvalue weighted by molar-refractivity contribution is 5.49. The van der Waals surface area contributed by atoms with Crippen LogP contribution in [-0.4, -0.2) is 0 Å². The maximum absolute atomic E-state index is 12.2. The summed E-state index contributed by atoms with van der Waals surface area (Å²) in [5.41, 5.74) is 0.916. The Morgan fingerprint density at radius 3 is 2.13 bits per heavy atom. The minimum atomic E-state index is -4.27. The van der Waals surface area contributed by atoms with Crippen molar-refractivity contribution in [3.05, 3.63) is 41.6 Å². The SMILES string of the molecule is C/C=C(\C)Nc1ccc(C(F)(F)F)cc1. The zero-order valence-electron chi connectivity index (χ0n) is 8.52. The summed E-state index contributed by atoms with van der Waals surface area (Å²) in [4.78, 5) is 0. The molecule has 1 aromatic carbocycles. The van der Waals surface area contributed by atoms with E-state index in [0.29, 0.717) is 5.69 Å². The van der Waals surface area contributed by atoms with Gasteiger partial charge in [-0.15, -0.1) is 0 Å². The number of allylic oxidation sites excluding steroid dienone is 2. The van der Waals surface area contributed by atoms with Crippen LogP contribution in [0.15, 0.2) is 36.0 Å². The molecule has 1 aromatic rings. The van der Waals surface area contributed by atoms with E-state index in [-0.39, 0.29) is 0 Å². The van der Waals surface area contributed by atoms with Crippen LogP contribution in [0.25, 0.3) is 0 Å². The quantitative estimate of drug-likeness (QED) is 0.785. The van der Waals surface area contributed by atoms with Crippen molar-refractivity contribution in [1.29, 1.82) is 0 Å². The average Bonchev–Trinajstić information content (AvgIpc) is 2.17. The third-order valence-electron chi connectivity index (χ3n) is 1.99. The molecule has 0 aliphatic rings. The second-order valence-electron chi connectivity index (χ2n) is 3.17. The molecule has 0 fully saturated rings. The van der Waals surface area contributed by atoms with Gasteiger partial charge in [0.2, 0.25) is 0 Å². The number of rotatable bonds is 2. The molecule has 1 rings (SSSR count). The van der Waals surface area contributed by atoms with Gasteiger partial charge in [-0.25, -0.2) is 0 Å². The van der Waals surface area contributed by atoms with Crippen LogP contribution in [0.1, 0.15) is 19.4 Å². The Morgan fingerprint density at radius 1 is 1.20 bits per heavy atom. The fraction of sp³-hybridized carbons (Fsp3) is 0.273. The lowest BCUT2D eigenvalue weighted by molar-refractivity contribution is -0.137. The van der Waals surface area contributed by atoms with Crippen molar-refractivity contribution in [2.75, 3.05) is 5.32 Å². The molecule has 1 nitrogen and oxygen atoms in total. The normalized spacial score (nSPS) is 12.7. The number of nitrogens with one attached hydrogen (secondary N) is 1. The molecule has 0 aromatic heterocycles. The molecular formula is C11H12F3N. The molecule has 82 valence electrons. The van der Waals surface area contributed by atoms with E-state index in [9.17, 15) is 13.2 Å². The van der Waals surface area contributed by atoms with Crippen LogP contribution in [0.5, 0.6) is 0 Å². The minimum absolute atomic E-state index is 0.633. The molecule has 0 aliphatic carbocycles. The fourth-order valence-electron chi connectivity index (χ4n) is 1.04. The molecule has 1 N–H and O–H groups in total. The summed E-state index contributed by atoms with van der Waals surface area (Å²) in [5.74, 6) is 0. The molecule has 0 unspecified atom stereocenters. The number of alkyl halides is 3. The maximum atomic E-state index is 12.2. The van der Waals surface area contributed by atoms with Gasteiger partial charge in [-0.1, -0.05) is 6.08 Å². The van der Waals surface area contributed by atoms with Crippen LogP contribution in [0, 0.1) is 0 Å². The first-order chi connectivity index (χ1) is 6.93. The molecule has 0 atom stereocenters. The summed E-state index contributed by atoms with van der Waals surface area (Å²) in [6.07, 6.45) is -2.42. The van der Waals surface area contributed by atoms with Crippen LogP contribution >= 0.6 is 0 Å². The van der Waals surface area contributed by atoms with Crippen LogP contribution in [0.3, 0.4) is 0 Å². The van der Waals surface area contributed by atoms with Crippen LogP contribution in [-0.2, 0) is 6.18 Å². The first-order valence-corrected chi connectivity index (χ1v) is 4.50. The lowest BCUT2D eigenvalue weighted by Gasteiger charge is -2.09. The van der Waals surface area contributed by atoms with Crippen molar-refractivity contribution in [3.8, 4) is 0 Å². The predicted molar refractivity (Wildman–Crippen MR) is 54.5 cm³/mol. The highest BCUT2D eigenvalue weighted by Crippen LogP contribution is 2.29. The number of hydrogen-bond donors (Lipinski definition) is 1. The molecule has 0 aliphatic heterocycles. The van der Waals surface area contributed by atoms with Gasteiger partial charge in [0, 0.05) is 11.4 Å². The number of halogens is 3. The van der Waals surface area contributed by atoms with Gasteiger partial charge >= 0.3 is 6.18 Å². The van der Waals surface area contributed by atoms with Gasteiger partial charge in [-0.2, -0.15) is 13.2 Å². The smallest absolute Gasteiger partial charge is 0.359 e. The first kappa shape index (κ1) is 11.6. The van der Waals surface area contributed by atoms with E-state index in [0.717, 1.165) is 17.8 Å². The molecule has 0 spiro atoms. The van der Waals surface area contributed by atoms with Crippen LogP contribution < -0.4 is 5.32 Å². The zero-order chi connectivity index (χ0) is 11.5. The Balaban J connectivity index is 2.82. The zero-order valence-corrected chi connectivity index (χ0v) is 8.52. The van der Waals surface area contributed by atoms with Crippen molar-refractivity contribution in [2.24, 2.45) is 0 Å². The first-order valence-electron chi connectivity index (χ1n) is 4.50. The third-order valence-corrected chi connectivity index (χ3v) is 1.99. The van der Waals surface area contributed by atoms with E-state index in [4.69, 9.17) is 0 Å². The Labute approximate surface area is 86.6 Å². The molecule has 4 heteroatoms. The lowest BCUT2D eigenvalue weighted by Crippen LogP contribution is -2.04.